The summed E-state index contributed by atoms with van der Waals surface area (Å²) >= 11 is 0. The molecule has 0 bridgehead atoms. The Hall–Kier alpha value is -1.21. The Kier molecular flexibility index (Phi) is 12.1. The van der Waals surface area contributed by atoms with Gasteiger partial charge < -0.3 is 9.05 Å². The molecule has 0 saturated carbocycles. The molecule has 3 heteroatoms. The Morgan fingerprint density at radius 1 is 0.630 bits per heavy atom. The fourth-order valence-electron chi connectivity index (χ4n) is 2.94. The van der Waals surface area contributed by atoms with Crippen LogP contribution in [0.2, 0.25) is 0 Å². The lowest BCUT2D eigenvalue weighted by Crippen LogP contribution is -2.00. The average molecular weight is 387 g/mol. The monoisotopic (exact) mass is 386 g/mol. The van der Waals surface area contributed by atoms with Gasteiger partial charge in [0.1, 0.15) is 0 Å². The number of unbranched alkanes of at least 4 members (excludes halogenated alkanes) is 3. The van der Waals surface area contributed by atoms with Crippen molar-refractivity contribution in [3.63, 3.8) is 0 Å². The van der Waals surface area contributed by atoms with Gasteiger partial charge in [0.05, 0.1) is 13.2 Å². The molecule has 0 saturated heterocycles. The molecule has 2 rings (SSSR count). The number of hydrogen-bond acceptors (Lipinski definition) is 2. The first kappa shape index (κ1) is 22.1. The number of hydrogen-bond donors (Lipinski definition) is 0. The van der Waals surface area contributed by atoms with Crippen LogP contribution in [0.15, 0.2) is 60.7 Å². The minimum atomic E-state index is -0.708. The molecule has 2 aromatic carbocycles. The third-order valence-electron chi connectivity index (χ3n) is 4.57. The van der Waals surface area contributed by atoms with Crippen molar-refractivity contribution in [2.24, 2.45) is 0 Å². The second-order valence-corrected chi connectivity index (χ2v) is 8.59. The molecule has 0 amide bonds. The topological polar surface area (TPSA) is 18.5 Å². The number of aryl methyl sites for hydroxylation is 2. The highest BCUT2D eigenvalue weighted by Gasteiger charge is 2.10. The van der Waals surface area contributed by atoms with Gasteiger partial charge in [0.25, 0.3) is 0 Å². The smallest absolute Gasteiger partial charge is 0.170 e. The van der Waals surface area contributed by atoms with Crippen LogP contribution in [-0.4, -0.2) is 19.4 Å². The Bertz CT molecular complexity index is 524. The van der Waals surface area contributed by atoms with E-state index in [1.807, 2.05) is 0 Å². The summed E-state index contributed by atoms with van der Waals surface area (Å²) in [6, 6.07) is 21.4. The van der Waals surface area contributed by atoms with Crippen molar-refractivity contribution in [3.05, 3.63) is 71.8 Å². The highest BCUT2D eigenvalue weighted by molar-refractivity contribution is 7.47. The van der Waals surface area contributed by atoms with Crippen molar-refractivity contribution in [3.8, 4) is 0 Å². The standard InChI is InChI=1S/C24H35O2P/c1-2-3-22-27(25-20-12-10-18-23-14-6-4-7-15-23)26-21-13-11-19-24-16-8-5-9-17-24/h4-9,14-17H,2-3,10-13,18-22H2,1H3. The lowest BCUT2D eigenvalue weighted by atomic mass is 10.1. The maximum Gasteiger partial charge on any atom is 0.170 e. The lowest BCUT2D eigenvalue weighted by molar-refractivity contribution is 0.241. The van der Waals surface area contributed by atoms with Crippen LogP contribution in [0.4, 0.5) is 0 Å². The molecule has 0 spiro atoms. The predicted octanol–water partition coefficient (Wildman–Crippen LogP) is 7.18. The van der Waals surface area contributed by atoms with Gasteiger partial charge in [-0.2, -0.15) is 0 Å². The van der Waals surface area contributed by atoms with Crippen LogP contribution in [0.5, 0.6) is 0 Å². The van der Waals surface area contributed by atoms with E-state index in [9.17, 15) is 0 Å². The van der Waals surface area contributed by atoms with Crippen LogP contribution in [0, 0.1) is 0 Å². The van der Waals surface area contributed by atoms with E-state index < -0.39 is 8.38 Å². The van der Waals surface area contributed by atoms with E-state index in [-0.39, 0.29) is 0 Å². The van der Waals surface area contributed by atoms with Crippen LogP contribution in [0.3, 0.4) is 0 Å². The maximum atomic E-state index is 6.09. The van der Waals surface area contributed by atoms with Gasteiger partial charge in [-0.15, -0.1) is 0 Å². The van der Waals surface area contributed by atoms with E-state index in [1.165, 1.54) is 36.8 Å². The Balaban J connectivity index is 1.55. The molecule has 0 atom stereocenters. The molecule has 0 heterocycles. The largest absolute Gasteiger partial charge is 0.334 e. The second kappa shape index (κ2) is 14.8. The molecule has 0 aromatic heterocycles. The zero-order valence-electron chi connectivity index (χ0n) is 16.8. The zero-order chi connectivity index (χ0) is 19.0. The zero-order valence-corrected chi connectivity index (χ0v) is 17.7. The van der Waals surface area contributed by atoms with E-state index in [0.717, 1.165) is 45.1 Å². The van der Waals surface area contributed by atoms with Gasteiger partial charge >= 0.3 is 0 Å². The summed E-state index contributed by atoms with van der Waals surface area (Å²) in [4.78, 5) is 0. The minimum Gasteiger partial charge on any atom is -0.334 e. The van der Waals surface area contributed by atoms with Crippen molar-refractivity contribution < 1.29 is 9.05 Å². The normalized spacial score (nSPS) is 11.2. The molecule has 27 heavy (non-hydrogen) atoms. The van der Waals surface area contributed by atoms with Gasteiger partial charge in [-0.1, -0.05) is 74.0 Å². The van der Waals surface area contributed by atoms with Gasteiger partial charge in [0.15, 0.2) is 8.38 Å². The van der Waals surface area contributed by atoms with Crippen molar-refractivity contribution in [2.75, 3.05) is 19.4 Å². The summed E-state index contributed by atoms with van der Waals surface area (Å²) in [6.07, 6.45) is 10.3. The first-order chi connectivity index (χ1) is 13.4. The van der Waals surface area contributed by atoms with Gasteiger partial charge in [0.2, 0.25) is 0 Å². The molecular formula is C24H35O2P. The third kappa shape index (κ3) is 10.6. The van der Waals surface area contributed by atoms with Crippen LogP contribution >= 0.6 is 8.38 Å². The van der Waals surface area contributed by atoms with Crippen LogP contribution in [0.1, 0.15) is 56.6 Å². The van der Waals surface area contributed by atoms with Crippen molar-refractivity contribution in [2.45, 2.75) is 58.3 Å². The first-order valence-corrected chi connectivity index (χ1v) is 11.9. The Morgan fingerprint density at radius 2 is 1.11 bits per heavy atom. The van der Waals surface area contributed by atoms with Gasteiger partial charge in [-0.3, -0.25) is 0 Å². The van der Waals surface area contributed by atoms with E-state index >= 15 is 0 Å². The quantitative estimate of drug-likeness (QED) is 0.238. The second-order valence-electron chi connectivity index (χ2n) is 6.96. The molecule has 0 aliphatic heterocycles. The van der Waals surface area contributed by atoms with Crippen molar-refractivity contribution >= 4 is 8.38 Å². The minimum absolute atomic E-state index is 0.708. The predicted molar refractivity (Wildman–Crippen MR) is 117 cm³/mol. The van der Waals surface area contributed by atoms with Crippen LogP contribution < -0.4 is 0 Å². The molecule has 0 radical (unpaired) electrons. The maximum absolute atomic E-state index is 6.09. The Morgan fingerprint density at radius 3 is 1.56 bits per heavy atom. The van der Waals surface area contributed by atoms with E-state index in [2.05, 4.69) is 67.6 Å². The lowest BCUT2D eigenvalue weighted by Gasteiger charge is -2.17. The molecule has 2 nitrogen and oxygen atoms in total. The summed E-state index contributed by atoms with van der Waals surface area (Å²) < 4.78 is 12.2. The fraction of sp³-hybridized carbons (Fsp3) is 0.500. The SMILES string of the molecule is CCCCP(OCCCCc1ccccc1)OCCCCc1ccccc1. The third-order valence-corrected chi connectivity index (χ3v) is 6.19. The van der Waals surface area contributed by atoms with Crippen LogP contribution in [0.25, 0.3) is 0 Å². The van der Waals surface area contributed by atoms with Crippen molar-refractivity contribution in [1.29, 1.82) is 0 Å². The molecule has 0 unspecified atom stereocenters. The molecule has 0 N–H and O–H groups in total. The number of rotatable bonds is 15. The summed E-state index contributed by atoms with van der Waals surface area (Å²) in [5, 5.41) is 0. The van der Waals surface area contributed by atoms with E-state index in [1.54, 1.807) is 0 Å². The molecule has 2 aromatic rings. The first-order valence-electron chi connectivity index (χ1n) is 10.5. The summed E-state index contributed by atoms with van der Waals surface area (Å²) in [5.41, 5.74) is 2.83. The van der Waals surface area contributed by atoms with Gasteiger partial charge in [0, 0.05) is 6.16 Å². The Labute approximate surface area is 167 Å². The molecule has 0 aliphatic rings. The highest BCUT2D eigenvalue weighted by atomic mass is 31.2. The molecular weight excluding hydrogens is 351 g/mol. The average Bonchev–Trinajstić information content (AvgIpc) is 2.72. The summed E-state index contributed by atoms with van der Waals surface area (Å²) in [7, 11) is -0.708. The number of benzene rings is 2. The highest BCUT2D eigenvalue weighted by Crippen LogP contribution is 2.39. The van der Waals surface area contributed by atoms with Crippen molar-refractivity contribution in [1.82, 2.24) is 0 Å². The molecule has 0 aliphatic carbocycles. The van der Waals surface area contributed by atoms with Gasteiger partial charge in [-0.05, 0) is 56.1 Å². The molecule has 148 valence electrons. The fourth-order valence-corrected chi connectivity index (χ4v) is 4.51. The summed E-state index contributed by atoms with van der Waals surface area (Å²) in [5.74, 6) is 0. The van der Waals surface area contributed by atoms with Crippen LogP contribution in [-0.2, 0) is 21.9 Å². The molecule has 0 fully saturated rings. The summed E-state index contributed by atoms with van der Waals surface area (Å²) in [6.45, 7) is 3.88. The van der Waals surface area contributed by atoms with E-state index in [4.69, 9.17) is 9.05 Å². The van der Waals surface area contributed by atoms with E-state index in [0.29, 0.717) is 0 Å². The van der Waals surface area contributed by atoms with Gasteiger partial charge in [-0.25, -0.2) is 0 Å².